The summed E-state index contributed by atoms with van der Waals surface area (Å²) < 4.78 is 2.74. The minimum atomic E-state index is 0.625. The second-order valence-electron chi connectivity index (χ2n) is 3.45. The van der Waals surface area contributed by atoms with Gasteiger partial charge < -0.3 is 9.55 Å². The smallest absolute Gasteiger partial charge is 0.179 e. The molecule has 0 aliphatic heterocycles. The number of aromatic amines is 1. The quantitative estimate of drug-likeness (QED) is 0.684. The molecule has 0 bridgehead atoms. The van der Waals surface area contributed by atoms with Crippen LogP contribution in [0.4, 0.5) is 0 Å². The number of nitrogens with one attached hydrogen (secondary N) is 1. The van der Waals surface area contributed by atoms with Crippen LogP contribution in [0.5, 0.6) is 0 Å². The van der Waals surface area contributed by atoms with Gasteiger partial charge in [0.25, 0.3) is 0 Å². The van der Waals surface area contributed by atoms with E-state index in [1.807, 2.05) is 22.4 Å². The molecule has 2 rings (SSSR count). The highest BCUT2D eigenvalue weighted by Gasteiger charge is 2.05. The van der Waals surface area contributed by atoms with Gasteiger partial charge in [-0.15, -0.1) is 0 Å². The summed E-state index contributed by atoms with van der Waals surface area (Å²) in [5.74, 6) is 1.13. The summed E-state index contributed by atoms with van der Waals surface area (Å²) in [7, 11) is 0. The van der Waals surface area contributed by atoms with Gasteiger partial charge in [0, 0.05) is 12.7 Å². The van der Waals surface area contributed by atoms with Gasteiger partial charge in [-0.25, -0.2) is 4.98 Å². The van der Waals surface area contributed by atoms with Crippen molar-refractivity contribution in [3.05, 3.63) is 22.1 Å². The molecule has 2 heterocycles. The van der Waals surface area contributed by atoms with Crippen molar-refractivity contribution in [2.45, 2.75) is 13.0 Å². The Kier molecular flexibility index (Phi) is 3.89. The number of fused-ring (bicyclic) bond motifs is 1. The van der Waals surface area contributed by atoms with Crippen LogP contribution in [0.25, 0.3) is 11.2 Å². The number of aromatic nitrogens is 3. The molecule has 0 aliphatic rings. The maximum atomic E-state index is 5.88. The molecule has 0 amide bonds. The Labute approximate surface area is 108 Å². The molecule has 0 aromatic carbocycles. The molecule has 1 N–H and O–H groups in total. The molecule has 6 heteroatoms. The van der Waals surface area contributed by atoms with Gasteiger partial charge >= 0.3 is 0 Å². The summed E-state index contributed by atoms with van der Waals surface area (Å²) in [6.45, 7) is 0.897. The first-order valence-corrected chi connectivity index (χ1v) is 7.13. The van der Waals surface area contributed by atoms with Crippen LogP contribution < -0.4 is 0 Å². The second-order valence-corrected chi connectivity index (χ2v) is 5.26. The van der Waals surface area contributed by atoms with Crippen LogP contribution in [0.15, 0.2) is 12.3 Å². The van der Waals surface area contributed by atoms with Crippen molar-refractivity contribution in [3.8, 4) is 0 Å². The van der Waals surface area contributed by atoms with E-state index >= 15 is 0 Å². The second kappa shape index (κ2) is 5.21. The van der Waals surface area contributed by atoms with E-state index in [1.165, 1.54) is 0 Å². The zero-order valence-electron chi connectivity index (χ0n) is 8.86. The van der Waals surface area contributed by atoms with Crippen molar-refractivity contribution < 1.29 is 0 Å². The average Bonchev–Trinajstić information content (AvgIpc) is 2.55. The van der Waals surface area contributed by atoms with Crippen LogP contribution in [0.1, 0.15) is 6.42 Å². The fourth-order valence-electron chi connectivity index (χ4n) is 1.59. The highest BCUT2D eigenvalue weighted by molar-refractivity contribution is 7.98. The molecule has 0 saturated heterocycles. The molecule has 3 nitrogen and oxygen atoms in total. The third-order valence-electron chi connectivity index (χ3n) is 2.31. The summed E-state index contributed by atoms with van der Waals surface area (Å²) in [5.41, 5.74) is 1.79. The molecule has 0 fully saturated rings. The van der Waals surface area contributed by atoms with E-state index in [0.29, 0.717) is 9.79 Å². The van der Waals surface area contributed by atoms with Crippen molar-refractivity contribution >= 4 is 46.7 Å². The molecular weight excluding hydrogens is 262 g/mol. The largest absolute Gasteiger partial charge is 0.329 e. The van der Waals surface area contributed by atoms with E-state index in [9.17, 15) is 0 Å². The lowest BCUT2D eigenvalue weighted by Gasteiger charge is -2.02. The van der Waals surface area contributed by atoms with E-state index in [0.717, 1.165) is 29.9 Å². The molecule has 0 aliphatic carbocycles. The van der Waals surface area contributed by atoms with E-state index in [-0.39, 0.29) is 0 Å². The van der Waals surface area contributed by atoms with Gasteiger partial charge in [-0.2, -0.15) is 11.8 Å². The fraction of sp³-hybridized carbons (Fsp3) is 0.400. The first-order chi connectivity index (χ1) is 7.72. The minimum absolute atomic E-state index is 0.625. The molecule has 0 unspecified atom stereocenters. The normalized spacial score (nSPS) is 11.1. The van der Waals surface area contributed by atoms with Gasteiger partial charge in [-0.3, -0.25) is 0 Å². The Morgan fingerprint density at radius 2 is 2.44 bits per heavy atom. The van der Waals surface area contributed by atoms with Crippen molar-refractivity contribution in [2.24, 2.45) is 0 Å². The van der Waals surface area contributed by atoms with E-state index in [2.05, 4.69) is 16.2 Å². The first kappa shape index (κ1) is 12.0. The number of thioether (sulfide) groups is 1. The van der Waals surface area contributed by atoms with Gasteiger partial charge in [0.15, 0.2) is 10.4 Å². The number of rotatable bonds is 4. The number of hydrogen-bond acceptors (Lipinski definition) is 3. The van der Waals surface area contributed by atoms with Crippen LogP contribution in [0, 0.1) is 4.77 Å². The number of pyridine rings is 1. The zero-order chi connectivity index (χ0) is 11.5. The number of halogens is 1. The Hall–Kier alpha value is -0.520. The minimum Gasteiger partial charge on any atom is -0.329 e. The Morgan fingerprint density at radius 1 is 1.62 bits per heavy atom. The standard InChI is InChI=1S/C10H12ClN3S2/c1-16-4-2-3-14-9-8(13-10(14)15)5-7(11)6-12-9/h5-6H,2-4H2,1H3,(H,13,15). The van der Waals surface area contributed by atoms with E-state index in [1.54, 1.807) is 6.20 Å². The lowest BCUT2D eigenvalue weighted by molar-refractivity contribution is 0.688. The van der Waals surface area contributed by atoms with Gasteiger partial charge in [-0.05, 0) is 36.7 Å². The molecule has 0 atom stereocenters. The maximum absolute atomic E-state index is 5.88. The van der Waals surface area contributed by atoms with Crippen LogP contribution in [0.3, 0.4) is 0 Å². The number of H-pyrrole nitrogens is 1. The third-order valence-corrected chi connectivity index (χ3v) is 3.53. The average molecular weight is 274 g/mol. The predicted octanol–water partition coefficient (Wildman–Crippen LogP) is 3.50. The summed E-state index contributed by atoms with van der Waals surface area (Å²) in [6.07, 6.45) is 4.84. The van der Waals surface area contributed by atoms with E-state index < -0.39 is 0 Å². The molecule has 86 valence electrons. The van der Waals surface area contributed by atoms with Crippen LogP contribution in [-0.4, -0.2) is 26.5 Å². The zero-order valence-corrected chi connectivity index (χ0v) is 11.3. The highest BCUT2D eigenvalue weighted by atomic mass is 35.5. The number of hydrogen-bond donors (Lipinski definition) is 1. The van der Waals surface area contributed by atoms with Crippen molar-refractivity contribution in [2.75, 3.05) is 12.0 Å². The molecule has 2 aromatic rings. The SMILES string of the molecule is CSCCCn1c(=S)[nH]c2cc(Cl)cnc21. The van der Waals surface area contributed by atoms with Crippen LogP contribution in [0.2, 0.25) is 5.02 Å². The highest BCUT2D eigenvalue weighted by Crippen LogP contribution is 2.16. The fourth-order valence-corrected chi connectivity index (χ4v) is 2.46. The van der Waals surface area contributed by atoms with Gasteiger partial charge in [0.1, 0.15) is 0 Å². The van der Waals surface area contributed by atoms with Crippen molar-refractivity contribution in [3.63, 3.8) is 0 Å². The van der Waals surface area contributed by atoms with Crippen LogP contribution >= 0.6 is 35.6 Å². The molecular formula is C10H12ClN3S2. The number of aryl methyl sites for hydroxylation is 1. The number of nitrogens with zero attached hydrogens (tertiary/aromatic N) is 2. The maximum Gasteiger partial charge on any atom is 0.179 e. The van der Waals surface area contributed by atoms with Gasteiger partial charge in [0.2, 0.25) is 0 Å². The van der Waals surface area contributed by atoms with Gasteiger partial charge in [0.05, 0.1) is 10.5 Å². The monoisotopic (exact) mass is 273 g/mol. The van der Waals surface area contributed by atoms with E-state index in [4.69, 9.17) is 23.8 Å². The topological polar surface area (TPSA) is 33.6 Å². The molecule has 16 heavy (non-hydrogen) atoms. The molecule has 2 aromatic heterocycles. The Bertz CT molecular complexity index is 546. The summed E-state index contributed by atoms with van der Waals surface area (Å²) in [6, 6.07) is 1.85. The Morgan fingerprint density at radius 3 is 3.19 bits per heavy atom. The summed E-state index contributed by atoms with van der Waals surface area (Å²) in [5, 5.41) is 0.625. The molecule has 0 saturated carbocycles. The summed E-state index contributed by atoms with van der Waals surface area (Å²) >= 11 is 13.0. The Balaban J connectivity index is 2.36. The predicted molar refractivity (Wildman–Crippen MR) is 72.9 cm³/mol. The van der Waals surface area contributed by atoms with Crippen molar-refractivity contribution in [1.82, 2.24) is 14.5 Å². The molecule has 0 radical (unpaired) electrons. The molecule has 0 spiro atoms. The lowest BCUT2D eigenvalue weighted by Crippen LogP contribution is -2.00. The summed E-state index contributed by atoms with van der Waals surface area (Å²) in [4.78, 5) is 7.43. The van der Waals surface area contributed by atoms with Gasteiger partial charge in [-0.1, -0.05) is 11.6 Å². The van der Waals surface area contributed by atoms with Crippen molar-refractivity contribution in [1.29, 1.82) is 0 Å². The first-order valence-electron chi connectivity index (χ1n) is 4.95. The number of imidazole rings is 1. The third kappa shape index (κ3) is 2.42. The lowest BCUT2D eigenvalue weighted by atomic mass is 10.4. The van der Waals surface area contributed by atoms with Crippen LogP contribution in [-0.2, 0) is 6.54 Å².